The Kier molecular flexibility index (Phi) is 2.93. The van der Waals surface area contributed by atoms with Gasteiger partial charge in [0.05, 0.1) is 25.0 Å². The van der Waals surface area contributed by atoms with E-state index in [1.54, 1.807) is 13.3 Å². The molecule has 1 heterocycles. The van der Waals surface area contributed by atoms with Crippen molar-refractivity contribution in [1.82, 2.24) is 15.2 Å². The van der Waals surface area contributed by atoms with E-state index in [1.807, 2.05) is 4.68 Å². The summed E-state index contributed by atoms with van der Waals surface area (Å²) < 4.78 is 7.26. The quantitative estimate of drug-likeness (QED) is 0.558. The van der Waals surface area contributed by atoms with Crippen LogP contribution in [0.4, 0.5) is 0 Å². The van der Waals surface area contributed by atoms with Crippen molar-refractivity contribution in [2.24, 2.45) is 11.8 Å². The highest BCUT2D eigenvalue weighted by Gasteiger charge is 2.35. The molecule has 1 aromatic rings. The summed E-state index contributed by atoms with van der Waals surface area (Å²) in [7, 11) is 1.67. The predicted molar refractivity (Wildman–Crippen MR) is 57.2 cm³/mol. The van der Waals surface area contributed by atoms with Crippen molar-refractivity contribution in [2.45, 2.75) is 32.4 Å². The van der Waals surface area contributed by atoms with Gasteiger partial charge in [0.15, 0.2) is 5.75 Å². The van der Waals surface area contributed by atoms with E-state index in [1.165, 1.54) is 12.8 Å². The van der Waals surface area contributed by atoms with Gasteiger partial charge in [0.1, 0.15) is 0 Å². The third-order valence-corrected chi connectivity index (χ3v) is 2.93. The summed E-state index contributed by atoms with van der Waals surface area (Å²) in [6.45, 7) is 2.90. The molecule has 1 unspecified atom stereocenters. The Hall–Kier alpha value is -1.07. The number of hydrogen-bond acceptors (Lipinski definition) is 4. The molecule has 1 aliphatic rings. The van der Waals surface area contributed by atoms with Gasteiger partial charge < -0.3 is 4.74 Å². The lowest BCUT2D eigenvalue weighted by Crippen LogP contribution is -2.31. The van der Waals surface area contributed by atoms with Crippen LogP contribution >= 0.6 is 0 Å². The molecule has 1 fully saturated rings. The summed E-state index contributed by atoms with van der Waals surface area (Å²) in [6, 6.07) is 0.169. The fourth-order valence-electron chi connectivity index (χ4n) is 1.97. The van der Waals surface area contributed by atoms with Crippen molar-refractivity contribution in [1.29, 1.82) is 0 Å². The van der Waals surface area contributed by atoms with E-state index >= 15 is 0 Å². The second kappa shape index (κ2) is 4.20. The summed E-state index contributed by atoms with van der Waals surface area (Å²) >= 11 is 0. The molecule has 0 saturated heterocycles. The zero-order valence-electron chi connectivity index (χ0n) is 9.23. The van der Waals surface area contributed by atoms with Gasteiger partial charge in [0.25, 0.3) is 0 Å². The minimum absolute atomic E-state index is 0.169. The van der Waals surface area contributed by atoms with Gasteiger partial charge in [0, 0.05) is 6.54 Å². The van der Waals surface area contributed by atoms with Gasteiger partial charge in [-0.3, -0.25) is 16.0 Å². The van der Waals surface area contributed by atoms with E-state index in [4.69, 9.17) is 10.6 Å². The summed E-state index contributed by atoms with van der Waals surface area (Å²) in [5.74, 6) is 7.06. The smallest absolute Gasteiger partial charge is 0.161 e. The fourth-order valence-corrected chi connectivity index (χ4v) is 1.97. The van der Waals surface area contributed by atoms with Gasteiger partial charge in [-0.05, 0) is 25.7 Å². The molecule has 0 spiro atoms. The third-order valence-electron chi connectivity index (χ3n) is 2.93. The first-order chi connectivity index (χ1) is 7.31. The maximum Gasteiger partial charge on any atom is 0.161 e. The van der Waals surface area contributed by atoms with Crippen LogP contribution in [0.2, 0.25) is 0 Å². The first-order valence-electron chi connectivity index (χ1n) is 5.37. The van der Waals surface area contributed by atoms with E-state index in [-0.39, 0.29) is 6.04 Å². The van der Waals surface area contributed by atoms with Gasteiger partial charge >= 0.3 is 0 Å². The van der Waals surface area contributed by atoms with Crippen LogP contribution in [0.15, 0.2) is 6.20 Å². The molecule has 0 radical (unpaired) electrons. The van der Waals surface area contributed by atoms with Crippen LogP contribution in [-0.2, 0) is 6.54 Å². The van der Waals surface area contributed by atoms with Gasteiger partial charge in [-0.1, -0.05) is 0 Å². The Morgan fingerprint density at radius 1 is 1.73 bits per heavy atom. The second-order valence-electron chi connectivity index (χ2n) is 3.90. The molecule has 2 rings (SSSR count). The summed E-state index contributed by atoms with van der Waals surface area (Å²) in [6.07, 6.45) is 4.21. The van der Waals surface area contributed by atoms with E-state index in [2.05, 4.69) is 17.4 Å². The lowest BCUT2D eigenvalue weighted by molar-refractivity contribution is 0.381. The summed E-state index contributed by atoms with van der Waals surface area (Å²) in [5, 5.41) is 4.28. The van der Waals surface area contributed by atoms with Crippen molar-refractivity contribution in [3.8, 4) is 5.75 Å². The zero-order chi connectivity index (χ0) is 10.8. The number of nitrogens with one attached hydrogen (secondary N) is 1. The highest BCUT2D eigenvalue weighted by Crippen LogP contribution is 2.43. The average molecular weight is 210 g/mol. The Bertz CT molecular complexity index is 311. The Morgan fingerprint density at radius 3 is 2.93 bits per heavy atom. The van der Waals surface area contributed by atoms with Crippen molar-refractivity contribution in [2.75, 3.05) is 7.11 Å². The number of nitrogens with two attached hydrogens (primary N) is 1. The molecule has 0 aliphatic heterocycles. The molecular formula is C10H18N4O. The van der Waals surface area contributed by atoms with E-state index in [0.29, 0.717) is 5.92 Å². The van der Waals surface area contributed by atoms with Crippen molar-refractivity contribution < 1.29 is 4.74 Å². The molecule has 1 aromatic heterocycles. The molecule has 3 N–H and O–H groups in total. The molecular weight excluding hydrogens is 192 g/mol. The van der Waals surface area contributed by atoms with Gasteiger partial charge in [-0.2, -0.15) is 5.10 Å². The van der Waals surface area contributed by atoms with Gasteiger partial charge in [-0.25, -0.2) is 0 Å². The van der Waals surface area contributed by atoms with Crippen LogP contribution in [0.25, 0.3) is 0 Å². The van der Waals surface area contributed by atoms with Crippen LogP contribution in [0, 0.1) is 5.92 Å². The highest BCUT2D eigenvalue weighted by molar-refractivity contribution is 5.29. The molecule has 5 nitrogen and oxygen atoms in total. The standard InChI is InChI=1S/C10H18N4O/c1-3-14-10(8(15-2)6-12-14)9(13-11)7-4-5-7/h6-7,9,13H,3-5,11H2,1-2H3. The topological polar surface area (TPSA) is 65.1 Å². The number of nitrogens with zero attached hydrogens (tertiary/aromatic N) is 2. The first-order valence-corrected chi connectivity index (χ1v) is 5.37. The number of hydrogen-bond donors (Lipinski definition) is 2. The van der Waals surface area contributed by atoms with Crippen LogP contribution in [0.1, 0.15) is 31.5 Å². The Labute approximate surface area is 89.6 Å². The normalized spacial score (nSPS) is 17.8. The molecule has 1 aliphatic carbocycles. The van der Waals surface area contributed by atoms with Gasteiger partial charge in [-0.15, -0.1) is 0 Å². The maximum atomic E-state index is 5.61. The van der Waals surface area contributed by atoms with Crippen molar-refractivity contribution >= 4 is 0 Å². The Balaban J connectivity index is 2.33. The third kappa shape index (κ3) is 1.85. The molecule has 5 heteroatoms. The molecule has 0 bridgehead atoms. The number of aromatic nitrogens is 2. The lowest BCUT2D eigenvalue weighted by atomic mass is 10.1. The molecule has 15 heavy (non-hydrogen) atoms. The largest absolute Gasteiger partial charge is 0.493 e. The number of aryl methyl sites for hydroxylation is 1. The van der Waals surface area contributed by atoms with Crippen LogP contribution in [0.3, 0.4) is 0 Å². The number of methoxy groups -OCH3 is 1. The minimum Gasteiger partial charge on any atom is -0.493 e. The monoisotopic (exact) mass is 210 g/mol. The van der Waals surface area contributed by atoms with Gasteiger partial charge in [0.2, 0.25) is 0 Å². The predicted octanol–water partition coefficient (Wildman–Crippen LogP) is 0.826. The SMILES string of the molecule is CCn1ncc(OC)c1C(NN)C1CC1. The first kappa shape index (κ1) is 10.4. The second-order valence-corrected chi connectivity index (χ2v) is 3.90. The molecule has 1 atom stereocenters. The van der Waals surface area contributed by atoms with E-state index < -0.39 is 0 Å². The highest BCUT2D eigenvalue weighted by atomic mass is 16.5. The van der Waals surface area contributed by atoms with Crippen molar-refractivity contribution in [3.05, 3.63) is 11.9 Å². The molecule has 0 aromatic carbocycles. The van der Waals surface area contributed by atoms with Crippen molar-refractivity contribution in [3.63, 3.8) is 0 Å². The van der Waals surface area contributed by atoms with Crippen LogP contribution in [0.5, 0.6) is 5.75 Å². The number of hydrazine groups is 1. The number of rotatable bonds is 5. The van der Waals surface area contributed by atoms with E-state index in [9.17, 15) is 0 Å². The lowest BCUT2D eigenvalue weighted by Gasteiger charge is -2.17. The Morgan fingerprint density at radius 2 is 2.47 bits per heavy atom. The zero-order valence-corrected chi connectivity index (χ0v) is 9.23. The fraction of sp³-hybridized carbons (Fsp3) is 0.700. The average Bonchev–Trinajstić information content (AvgIpc) is 3.00. The summed E-state index contributed by atoms with van der Waals surface area (Å²) in [4.78, 5) is 0. The van der Waals surface area contributed by atoms with Crippen LogP contribution in [-0.4, -0.2) is 16.9 Å². The maximum absolute atomic E-state index is 5.61. The minimum atomic E-state index is 0.169. The van der Waals surface area contributed by atoms with Crippen LogP contribution < -0.4 is 16.0 Å². The molecule has 0 amide bonds. The molecule has 84 valence electrons. The molecule has 1 saturated carbocycles. The number of ether oxygens (including phenoxy) is 1. The van der Waals surface area contributed by atoms with E-state index in [0.717, 1.165) is 18.0 Å². The summed E-state index contributed by atoms with van der Waals surface area (Å²) in [5.41, 5.74) is 3.95.